The molecule has 3 atom stereocenters. The maximum absolute atomic E-state index is 4.11. The summed E-state index contributed by atoms with van der Waals surface area (Å²) in [6.45, 7) is 11.1. The van der Waals surface area contributed by atoms with Gasteiger partial charge in [-0.1, -0.05) is 19.1 Å². The van der Waals surface area contributed by atoms with Crippen LogP contribution in [-0.4, -0.2) is 24.0 Å². The van der Waals surface area contributed by atoms with Gasteiger partial charge in [-0.2, -0.15) is 0 Å². The minimum absolute atomic E-state index is 0.812. The molecule has 0 spiro atoms. The number of fused-ring (bicyclic) bond motifs is 1. The molecular weight excluding hydrogens is 158 g/mol. The summed E-state index contributed by atoms with van der Waals surface area (Å²) in [5.41, 5.74) is 1.41. The fourth-order valence-electron chi connectivity index (χ4n) is 2.74. The normalized spacial score (nSPS) is 39.4. The van der Waals surface area contributed by atoms with Crippen molar-refractivity contribution in [2.75, 3.05) is 13.1 Å². The smallest absolute Gasteiger partial charge is 0.0127 e. The Morgan fingerprint density at radius 3 is 2.85 bits per heavy atom. The second kappa shape index (κ2) is 3.45. The molecule has 0 amide bonds. The SMILES string of the molecule is C=C(C)C1CCN(CC)C2CC2C1. The van der Waals surface area contributed by atoms with Gasteiger partial charge in [-0.25, -0.2) is 0 Å². The summed E-state index contributed by atoms with van der Waals surface area (Å²) in [5.74, 6) is 1.82. The van der Waals surface area contributed by atoms with Gasteiger partial charge in [-0.15, -0.1) is 0 Å². The van der Waals surface area contributed by atoms with Gasteiger partial charge in [0.1, 0.15) is 0 Å². The number of nitrogens with zero attached hydrogens (tertiary/aromatic N) is 1. The maximum atomic E-state index is 4.11. The van der Waals surface area contributed by atoms with E-state index in [4.69, 9.17) is 0 Å². The molecule has 1 aliphatic heterocycles. The van der Waals surface area contributed by atoms with Crippen LogP contribution in [0.3, 0.4) is 0 Å². The summed E-state index contributed by atoms with van der Waals surface area (Å²) in [6.07, 6.45) is 4.21. The molecular formula is C12H21N. The van der Waals surface area contributed by atoms with E-state index < -0.39 is 0 Å². The van der Waals surface area contributed by atoms with E-state index in [1.807, 2.05) is 0 Å². The molecule has 0 radical (unpaired) electrons. The third-order valence-corrected chi connectivity index (χ3v) is 3.81. The first-order chi connectivity index (χ1) is 6.22. The van der Waals surface area contributed by atoms with Gasteiger partial charge in [0.2, 0.25) is 0 Å². The van der Waals surface area contributed by atoms with E-state index in [9.17, 15) is 0 Å². The molecule has 1 nitrogen and oxygen atoms in total. The summed E-state index contributed by atoms with van der Waals surface area (Å²) in [4.78, 5) is 2.66. The van der Waals surface area contributed by atoms with Gasteiger partial charge in [0.25, 0.3) is 0 Å². The van der Waals surface area contributed by atoms with E-state index in [2.05, 4.69) is 25.3 Å². The lowest BCUT2D eigenvalue weighted by atomic mass is 9.93. The Morgan fingerprint density at radius 1 is 1.46 bits per heavy atom. The Kier molecular flexibility index (Phi) is 2.46. The molecule has 3 unspecified atom stereocenters. The first kappa shape index (κ1) is 9.26. The fourth-order valence-corrected chi connectivity index (χ4v) is 2.74. The topological polar surface area (TPSA) is 3.24 Å². The molecule has 2 fully saturated rings. The predicted octanol–water partition coefficient (Wildman–Crippen LogP) is 2.68. The van der Waals surface area contributed by atoms with Crippen LogP contribution < -0.4 is 0 Å². The molecule has 1 aliphatic carbocycles. The van der Waals surface area contributed by atoms with E-state index >= 15 is 0 Å². The highest BCUT2D eigenvalue weighted by Crippen LogP contribution is 2.45. The van der Waals surface area contributed by atoms with E-state index in [-0.39, 0.29) is 0 Å². The lowest BCUT2D eigenvalue weighted by Crippen LogP contribution is -2.27. The Labute approximate surface area is 81.8 Å². The zero-order valence-electron chi connectivity index (χ0n) is 8.92. The molecule has 0 aromatic heterocycles. The molecule has 1 heterocycles. The maximum Gasteiger partial charge on any atom is 0.0127 e. The van der Waals surface area contributed by atoms with Crippen LogP contribution in [0.15, 0.2) is 12.2 Å². The molecule has 13 heavy (non-hydrogen) atoms. The first-order valence-corrected chi connectivity index (χ1v) is 5.61. The van der Waals surface area contributed by atoms with Crippen molar-refractivity contribution >= 4 is 0 Å². The van der Waals surface area contributed by atoms with Gasteiger partial charge in [-0.3, -0.25) is 0 Å². The highest BCUT2D eigenvalue weighted by Gasteiger charge is 2.44. The molecule has 0 aromatic carbocycles. The monoisotopic (exact) mass is 179 g/mol. The van der Waals surface area contributed by atoms with Crippen molar-refractivity contribution in [3.63, 3.8) is 0 Å². The Balaban J connectivity index is 1.98. The number of allylic oxidation sites excluding steroid dienone is 1. The summed E-state index contributed by atoms with van der Waals surface area (Å²) >= 11 is 0. The van der Waals surface area contributed by atoms with Gasteiger partial charge in [0.15, 0.2) is 0 Å². The van der Waals surface area contributed by atoms with Crippen molar-refractivity contribution < 1.29 is 0 Å². The van der Waals surface area contributed by atoms with Gasteiger partial charge < -0.3 is 4.90 Å². The van der Waals surface area contributed by atoms with Crippen LogP contribution in [0.4, 0.5) is 0 Å². The third-order valence-electron chi connectivity index (χ3n) is 3.81. The van der Waals surface area contributed by atoms with Gasteiger partial charge in [0, 0.05) is 6.04 Å². The van der Waals surface area contributed by atoms with Crippen molar-refractivity contribution in [1.29, 1.82) is 0 Å². The summed E-state index contributed by atoms with van der Waals surface area (Å²) in [5, 5.41) is 0. The number of likely N-dealkylation sites (tertiary alicyclic amines) is 1. The second-order valence-corrected chi connectivity index (χ2v) is 4.76. The van der Waals surface area contributed by atoms with E-state index in [0.29, 0.717) is 0 Å². The van der Waals surface area contributed by atoms with Gasteiger partial charge in [0.05, 0.1) is 0 Å². The van der Waals surface area contributed by atoms with Crippen LogP contribution in [0.1, 0.15) is 33.1 Å². The summed E-state index contributed by atoms with van der Waals surface area (Å²) in [7, 11) is 0. The average Bonchev–Trinajstić information content (AvgIpc) is 2.80. The van der Waals surface area contributed by atoms with Gasteiger partial charge in [-0.05, 0) is 51.1 Å². The van der Waals surface area contributed by atoms with Crippen LogP contribution in [0, 0.1) is 11.8 Å². The molecule has 0 N–H and O–H groups in total. The first-order valence-electron chi connectivity index (χ1n) is 5.61. The molecule has 2 rings (SSSR count). The third kappa shape index (κ3) is 1.80. The van der Waals surface area contributed by atoms with Crippen molar-refractivity contribution in [1.82, 2.24) is 4.90 Å². The van der Waals surface area contributed by atoms with E-state index in [1.54, 1.807) is 0 Å². The highest BCUT2D eigenvalue weighted by atomic mass is 15.2. The molecule has 1 saturated carbocycles. The zero-order valence-corrected chi connectivity index (χ0v) is 8.92. The minimum Gasteiger partial charge on any atom is -0.300 e. The lowest BCUT2D eigenvalue weighted by Gasteiger charge is -2.20. The van der Waals surface area contributed by atoms with E-state index in [0.717, 1.165) is 17.9 Å². The van der Waals surface area contributed by atoms with Crippen LogP contribution in [0.2, 0.25) is 0 Å². The highest BCUT2D eigenvalue weighted by molar-refractivity contribution is 5.05. The van der Waals surface area contributed by atoms with Crippen LogP contribution in [0.25, 0.3) is 0 Å². The zero-order chi connectivity index (χ0) is 9.42. The Hall–Kier alpha value is -0.300. The second-order valence-electron chi connectivity index (χ2n) is 4.76. The van der Waals surface area contributed by atoms with Crippen molar-refractivity contribution in [2.45, 2.75) is 39.2 Å². The van der Waals surface area contributed by atoms with Crippen LogP contribution in [0.5, 0.6) is 0 Å². The van der Waals surface area contributed by atoms with Crippen molar-refractivity contribution in [2.24, 2.45) is 11.8 Å². The Morgan fingerprint density at radius 2 is 2.23 bits per heavy atom. The van der Waals surface area contributed by atoms with Crippen LogP contribution >= 0.6 is 0 Å². The Bertz CT molecular complexity index is 209. The number of rotatable bonds is 2. The molecule has 0 aromatic rings. The van der Waals surface area contributed by atoms with Crippen molar-refractivity contribution in [3.05, 3.63) is 12.2 Å². The summed E-state index contributed by atoms with van der Waals surface area (Å²) in [6, 6.07) is 0.939. The standard InChI is InChI=1S/C12H21N/c1-4-13-6-5-10(9(2)3)7-11-8-12(11)13/h10-12H,2,4-8H2,1,3H3. The van der Waals surface area contributed by atoms with Gasteiger partial charge >= 0.3 is 0 Å². The van der Waals surface area contributed by atoms with Crippen molar-refractivity contribution in [3.8, 4) is 0 Å². The largest absolute Gasteiger partial charge is 0.300 e. The average molecular weight is 179 g/mol. The predicted molar refractivity (Wildman–Crippen MR) is 56.7 cm³/mol. The molecule has 1 saturated heterocycles. The van der Waals surface area contributed by atoms with Crippen LogP contribution in [-0.2, 0) is 0 Å². The molecule has 1 heteroatoms. The van der Waals surface area contributed by atoms with E-state index in [1.165, 1.54) is 37.9 Å². The number of hydrogen-bond donors (Lipinski definition) is 0. The molecule has 0 bridgehead atoms. The number of hydrogen-bond acceptors (Lipinski definition) is 1. The summed E-state index contributed by atoms with van der Waals surface area (Å²) < 4.78 is 0. The molecule has 2 aliphatic rings. The molecule has 74 valence electrons. The quantitative estimate of drug-likeness (QED) is 0.589. The minimum atomic E-state index is 0.812. The lowest BCUT2D eigenvalue weighted by molar-refractivity contribution is 0.272. The fraction of sp³-hybridized carbons (Fsp3) is 0.833.